The standard InChI is InChI=1S/C60H111NO3/c1-3-5-7-9-11-13-15-17-19-21-23-25-27-29-30-32-33-35-37-39-41-43-45-47-49-51-53-55-59(63)58(57-62)61-60(64)56-54-52-50-48-46-44-42-40-38-36-34-31-28-26-24-22-20-18-16-14-12-10-8-6-4-2/h16,18,22,24,28,31,45,47,53,55,58-59,62-63H,3-15,17,19-21,23,25-27,29-30,32-44,46,48-52,54,56-57H2,1-2H3,(H,61,64)/b18-16-,24-22-,31-28-,47-45+,55-53+. The zero-order valence-electron chi connectivity index (χ0n) is 43.1. The third-order valence-electron chi connectivity index (χ3n) is 13.0. The Labute approximate surface area is 400 Å². The van der Waals surface area contributed by atoms with Gasteiger partial charge in [-0.1, -0.05) is 280 Å². The molecule has 0 aromatic carbocycles. The van der Waals surface area contributed by atoms with Crippen LogP contribution in [-0.2, 0) is 4.79 Å². The molecule has 0 bridgehead atoms. The Balaban J connectivity index is 3.55. The smallest absolute Gasteiger partial charge is 0.220 e. The van der Waals surface area contributed by atoms with Crippen LogP contribution in [0.4, 0.5) is 0 Å². The van der Waals surface area contributed by atoms with E-state index < -0.39 is 12.1 Å². The molecule has 2 atom stereocenters. The maximum atomic E-state index is 12.5. The molecule has 0 aliphatic rings. The van der Waals surface area contributed by atoms with Crippen LogP contribution in [0, 0.1) is 0 Å². The normalized spacial score (nSPS) is 13.2. The van der Waals surface area contributed by atoms with Gasteiger partial charge in [-0.25, -0.2) is 0 Å². The molecule has 0 aliphatic heterocycles. The summed E-state index contributed by atoms with van der Waals surface area (Å²) in [6, 6.07) is -0.645. The van der Waals surface area contributed by atoms with Crippen LogP contribution in [-0.4, -0.2) is 34.9 Å². The highest BCUT2D eigenvalue weighted by atomic mass is 16.3. The summed E-state index contributed by atoms with van der Waals surface area (Å²) in [5.41, 5.74) is 0. The molecule has 0 heterocycles. The molecule has 0 saturated carbocycles. The second-order valence-electron chi connectivity index (χ2n) is 19.3. The van der Waals surface area contributed by atoms with Gasteiger partial charge < -0.3 is 15.5 Å². The first-order valence-electron chi connectivity index (χ1n) is 28.5. The molecule has 1 amide bonds. The average Bonchev–Trinajstić information content (AvgIpc) is 3.30. The number of aliphatic hydroxyl groups is 2. The molecular formula is C60H111NO3. The predicted octanol–water partition coefficient (Wildman–Crippen LogP) is 18.8. The van der Waals surface area contributed by atoms with Crippen LogP contribution in [0.15, 0.2) is 60.8 Å². The fourth-order valence-corrected chi connectivity index (χ4v) is 8.62. The molecule has 2 unspecified atom stereocenters. The van der Waals surface area contributed by atoms with Crippen LogP contribution in [0.2, 0.25) is 0 Å². The Morgan fingerprint density at radius 2 is 0.656 bits per heavy atom. The highest BCUT2D eigenvalue weighted by Crippen LogP contribution is 2.16. The quantitative estimate of drug-likeness (QED) is 0.0421. The van der Waals surface area contributed by atoms with Crippen LogP contribution in [0.1, 0.15) is 296 Å². The largest absolute Gasteiger partial charge is 0.394 e. The van der Waals surface area contributed by atoms with Gasteiger partial charge in [0.05, 0.1) is 18.8 Å². The first-order valence-corrected chi connectivity index (χ1v) is 28.5. The summed E-state index contributed by atoms with van der Waals surface area (Å²) in [5.74, 6) is -0.0764. The van der Waals surface area contributed by atoms with Crippen LogP contribution in [0.25, 0.3) is 0 Å². The molecule has 0 fully saturated rings. The number of amides is 1. The van der Waals surface area contributed by atoms with Crippen molar-refractivity contribution >= 4 is 5.91 Å². The van der Waals surface area contributed by atoms with Gasteiger partial charge >= 0.3 is 0 Å². The van der Waals surface area contributed by atoms with Gasteiger partial charge in [0, 0.05) is 6.42 Å². The maximum Gasteiger partial charge on any atom is 0.220 e. The molecule has 0 saturated heterocycles. The Morgan fingerprint density at radius 3 is 1.02 bits per heavy atom. The molecule has 0 radical (unpaired) electrons. The van der Waals surface area contributed by atoms with E-state index in [1.165, 1.54) is 231 Å². The molecule has 4 heteroatoms. The van der Waals surface area contributed by atoms with Crippen molar-refractivity contribution in [2.75, 3.05) is 6.61 Å². The summed E-state index contributed by atoms with van der Waals surface area (Å²) in [5, 5.41) is 23.2. The lowest BCUT2D eigenvalue weighted by Gasteiger charge is -2.19. The highest BCUT2D eigenvalue weighted by Gasteiger charge is 2.18. The summed E-state index contributed by atoms with van der Waals surface area (Å²) in [6.45, 7) is 4.31. The molecule has 0 aliphatic carbocycles. The first-order chi connectivity index (χ1) is 31.7. The average molecular weight is 895 g/mol. The summed E-state index contributed by atoms with van der Waals surface area (Å²) >= 11 is 0. The maximum absolute atomic E-state index is 12.5. The van der Waals surface area contributed by atoms with Crippen molar-refractivity contribution in [1.29, 1.82) is 0 Å². The van der Waals surface area contributed by atoms with Crippen molar-refractivity contribution in [2.45, 2.75) is 309 Å². The number of nitrogens with one attached hydrogen (secondary N) is 1. The number of rotatable bonds is 52. The van der Waals surface area contributed by atoms with Crippen LogP contribution in [0.3, 0.4) is 0 Å². The summed E-state index contributed by atoms with van der Waals surface area (Å²) in [4.78, 5) is 12.5. The topological polar surface area (TPSA) is 69.6 Å². The van der Waals surface area contributed by atoms with Crippen molar-refractivity contribution in [3.63, 3.8) is 0 Å². The monoisotopic (exact) mass is 894 g/mol. The van der Waals surface area contributed by atoms with E-state index in [1.54, 1.807) is 6.08 Å². The lowest BCUT2D eigenvalue weighted by Crippen LogP contribution is -2.45. The second kappa shape index (κ2) is 55.4. The number of unbranched alkanes of at least 4 members (excludes halogenated alkanes) is 37. The molecule has 0 spiro atoms. The van der Waals surface area contributed by atoms with Crippen LogP contribution in [0.5, 0.6) is 0 Å². The summed E-state index contributed by atoms with van der Waals surface area (Å²) < 4.78 is 0. The Kier molecular flexibility index (Phi) is 53.8. The number of hydrogen-bond acceptors (Lipinski definition) is 3. The van der Waals surface area contributed by atoms with E-state index in [1.807, 2.05) is 6.08 Å². The molecular weight excluding hydrogens is 783 g/mol. The van der Waals surface area contributed by atoms with Crippen molar-refractivity contribution in [2.24, 2.45) is 0 Å². The number of allylic oxidation sites excluding steroid dienone is 9. The fourth-order valence-electron chi connectivity index (χ4n) is 8.62. The fraction of sp³-hybridized carbons (Fsp3) is 0.817. The van der Waals surface area contributed by atoms with Crippen molar-refractivity contribution in [1.82, 2.24) is 5.32 Å². The summed E-state index contributed by atoms with van der Waals surface area (Å²) in [7, 11) is 0. The van der Waals surface area contributed by atoms with Crippen LogP contribution < -0.4 is 5.32 Å². The third kappa shape index (κ3) is 51.1. The lowest BCUT2D eigenvalue weighted by atomic mass is 10.0. The molecule has 4 nitrogen and oxygen atoms in total. The van der Waals surface area contributed by atoms with Gasteiger partial charge in [-0.2, -0.15) is 0 Å². The first kappa shape index (κ1) is 62.1. The van der Waals surface area contributed by atoms with E-state index in [2.05, 4.69) is 67.8 Å². The second-order valence-corrected chi connectivity index (χ2v) is 19.3. The molecule has 374 valence electrons. The lowest BCUT2D eigenvalue weighted by molar-refractivity contribution is -0.123. The Morgan fingerprint density at radius 1 is 0.375 bits per heavy atom. The molecule has 3 N–H and O–H groups in total. The molecule has 0 aromatic heterocycles. The van der Waals surface area contributed by atoms with E-state index >= 15 is 0 Å². The number of hydrogen-bond donors (Lipinski definition) is 3. The van der Waals surface area contributed by atoms with E-state index in [4.69, 9.17) is 0 Å². The van der Waals surface area contributed by atoms with Gasteiger partial charge in [0.2, 0.25) is 5.91 Å². The van der Waals surface area contributed by atoms with Crippen molar-refractivity contribution in [3.8, 4) is 0 Å². The molecule has 0 aromatic rings. The van der Waals surface area contributed by atoms with Gasteiger partial charge in [-0.3, -0.25) is 4.79 Å². The molecule has 64 heavy (non-hydrogen) atoms. The molecule has 0 rings (SSSR count). The number of carbonyl (C=O) groups is 1. The SMILES string of the molecule is CCCCCCC/C=C\C/C=C\C/C=C\CCCCCCCCCCCCC(=O)NC(CO)C(O)/C=C/CC/C=C/CCCCCCCCCCCCCCCCCCCCCCC. The zero-order chi connectivity index (χ0) is 46.3. The van der Waals surface area contributed by atoms with E-state index in [9.17, 15) is 15.0 Å². The van der Waals surface area contributed by atoms with Gasteiger partial charge in [0.15, 0.2) is 0 Å². The van der Waals surface area contributed by atoms with Crippen LogP contribution >= 0.6 is 0 Å². The van der Waals surface area contributed by atoms with E-state index in [0.29, 0.717) is 6.42 Å². The minimum Gasteiger partial charge on any atom is -0.394 e. The number of carbonyl (C=O) groups excluding carboxylic acids is 1. The Hall–Kier alpha value is -1.91. The Bertz CT molecular complexity index is 1060. The minimum atomic E-state index is -0.867. The van der Waals surface area contributed by atoms with Gasteiger partial charge in [-0.05, 0) is 70.6 Å². The van der Waals surface area contributed by atoms with Crippen molar-refractivity contribution < 1.29 is 15.0 Å². The third-order valence-corrected chi connectivity index (χ3v) is 13.0. The predicted molar refractivity (Wildman–Crippen MR) is 285 cm³/mol. The number of aliphatic hydroxyl groups excluding tert-OH is 2. The van der Waals surface area contributed by atoms with Gasteiger partial charge in [0.1, 0.15) is 0 Å². The highest BCUT2D eigenvalue weighted by molar-refractivity contribution is 5.76. The minimum absolute atomic E-state index is 0.0764. The van der Waals surface area contributed by atoms with Gasteiger partial charge in [-0.15, -0.1) is 0 Å². The summed E-state index contributed by atoms with van der Waals surface area (Å²) in [6.07, 6.45) is 78.1. The van der Waals surface area contributed by atoms with E-state index in [0.717, 1.165) is 44.9 Å². The van der Waals surface area contributed by atoms with Crippen molar-refractivity contribution in [3.05, 3.63) is 60.8 Å². The van der Waals surface area contributed by atoms with Gasteiger partial charge in [0.25, 0.3) is 0 Å². The van der Waals surface area contributed by atoms with E-state index in [-0.39, 0.29) is 12.5 Å². The zero-order valence-corrected chi connectivity index (χ0v) is 43.1.